The van der Waals surface area contributed by atoms with Gasteiger partial charge in [-0.2, -0.15) is 0 Å². The first-order valence-corrected chi connectivity index (χ1v) is 12.3. The molecule has 1 atom stereocenters. The van der Waals surface area contributed by atoms with Crippen molar-refractivity contribution in [3.8, 4) is 5.75 Å². The second-order valence-corrected chi connectivity index (χ2v) is 8.85. The molecule has 1 unspecified atom stereocenters. The number of hydrogen-bond donors (Lipinski definition) is 2. The van der Waals surface area contributed by atoms with Crippen molar-refractivity contribution in [3.05, 3.63) is 114 Å². The molecule has 3 aromatic rings. The number of benzene rings is 3. The molecule has 0 aliphatic heterocycles. The highest BCUT2D eigenvalue weighted by atomic mass is 16.3. The maximum Gasteiger partial charge on any atom is 0.255 e. The van der Waals surface area contributed by atoms with Gasteiger partial charge in [0.05, 0.1) is 0 Å². The molecule has 1 amide bonds. The molecule has 3 aromatic carbocycles. The van der Waals surface area contributed by atoms with Crippen molar-refractivity contribution in [2.45, 2.75) is 39.0 Å². The lowest BCUT2D eigenvalue weighted by molar-refractivity contribution is -0.112. The number of amides is 1. The number of carbonyl (C=O) groups excluding carboxylic acids is 1. The first-order chi connectivity index (χ1) is 17.0. The van der Waals surface area contributed by atoms with Crippen LogP contribution in [0.1, 0.15) is 43.7 Å². The molecule has 0 aliphatic carbocycles. The monoisotopic (exact) mass is 468 g/mol. The molecule has 182 valence electrons. The highest BCUT2D eigenvalue weighted by Crippen LogP contribution is 2.22. The first kappa shape index (κ1) is 25.8. The molecule has 0 aromatic heterocycles. The Balaban J connectivity index is 1.53. The summed E-state index contributed by atoms with van der Waals surface area (Å²) in [5.74, 6) is 0.236. The van der Waals surface area contributed by atoms with Crippen molar-refractivity contribution in [2.24, 2.45) is 0 Å². The lowest BCUT2D eigenvalue weighted by atomic mass is 9.99. The number of phenols is 1. The van der Waals surface area contributed by atoms with Crippen LogP contribution in [0.4, 0.5) is 11.4 Å². The number of hydrogen-bond acceptors (Lipinski definition) is 3. The molecule has 4 heteroatoms. The molecule has 3 rings (SSSR count). The quantitative estimate of drug-likeness (QED) is 0.179. The van der Waals surface area contributed by atoms with E-state index in [1.165, 1.54) is 5.56 Å². The van der Waals surface area contributed by atoms with Gasteiger partial charge in [0, 0.05) is 30.5 Å². The van der Waals surface area contributed by atoms with Gasteiger partial charge in [-0.25, -0.2) is 0 Å². The molecule has 0 saturated carbocycles. The Labute approximate surface area is 209 Å². The van der Waals surface area contributed by atoms with Crippen LogP contribution in [0.3, 0.4) is 0 Å². The summed E-state index contributed by atoms with van der Waals surface area (Å²) in [6.07, 6.45) is 9.02. The summed E-state index contributed by atoms with van der Waals surface area (Å²) in [6, 6.07) is 25.7. The lowest BCUT2D eigenvalue weighted by Gasteiger charge is -2.20. The minimum absolute atomic E-state index is 0.122. The second-order valence-electron chi connectivity index (χ2n) is 8.85. The van der Waals surface area contributed by atoms with Crippen molar-refractivity contribution >= 4 is 17.3 Å². The summed E-state index contributed by atoms with van der Waals surface area (Å²) in [5.41, 5.74) is 4.93. The van der Waals surface area contributed by atoms with Gasteiger partial charge in [-0.3, -0.25) is 4.79 Å². The average molecular weight is 469 g/mol. The van der Waals surface area contributed by atoms with Gasteiger partial charge in [0.2, 0.25) is 0 Å². The molecular formula is C31H36N2O2. The fourth-order valence-corrected chi connectivity index (χ4v) is 3.92. The number of nitrogens with one attached hydrogen (secondary N) is 1. The van der Waals surface area contributed by atoms with E-state index < -0.39 is 0 Å². The van der Waals surface area contributed by atoms with Gasteiger partial charge in [-0.05, 0) is 73.6 Å². The third-order valence-electron chi connectivity index (χ3n) is 6.15. The predicted molar refractivity (Wildman–Crippen MR) is 147 cm³/mol. The fraction of sp³-hybridized carbons (Fsp3) is 0.258. The van der Waals surface area contributed by atoms with E-state index in [0.29, 0.717) is 5.57 Å². The first-order valence-electron chi connectivity index (χ1n) is 12.3. The van der Waals surface area contributed by atoms with E-state index in [1.807, 2.05) is 55.5 Å². The van der Waals surface area contributed by atoms with E-state index in [0.717, 1.165) is 42.7 Å². The highest BCUT2D eigenvalue weighted by Gasteiger charge is 2.09. The molecular weight excluding hydrogens is 432 g/mol. The van der Waals surface area contributed by atoms with Crippen LogP contribution in [-0.4, -0.2) is 24.6 Å². The maximum absolute atomic E-state index is 12.9. The number of nitrogens with zero attached hydrogens (tertiary/aromatic N) is 1. The van der Waals surface area contributed by atoms with Gasteiger partial charge in [-0.1, -0.05) is 73.7 Å². The van der Waals surface area contributed by atoms with Gasteiger partial charge < -0.3 is 15.3 Å². The number of allylic oxidation sites excluding steroid dienone is 2. The third kappa shape index (κ3) is 8.18. The molecule has 2 N–H and O–H groups in total. The molecule has 0 saturated heterocycles. The Hall–Kier alpha value is -3.79. The van der Waals surface area contributed by atoms with E-state index in [1.54, 1.807) is 12.1 Å². The highest BCUT2D eigenvalue weighted by molar-refractivity contribution is 6.05. The molecule has 35 heavy (non-hydrogen) atoms. The average Bonchev–Trinajstić information content (AvgIpc) is 2.88. The number of anilines is 2. The van der Waals surface area contributed by atoms with Crippen LogP contribution < -0.4 is 10.2 Å². The van der Waals surface area contributed by atoms with E-state index in [2.05, 4.69) is 60.6 Å². The van der Waals surface area contributed by atoms with E-state index in [9.17, 15) is 9.90 Å². The minimum atomic E-state index is -0.135. The number of aryl methyl sites for hydroxylation is 1. The molecule has 4 nitrogen and oxygen atoms in total. The number of aromatic hydroxyl groups is 1. The number of rotatable bonds is 11. The van der Waals surface area contributed by atoms with Crippen molar-refractivity contribution in [1.29, 1.82) is 0 Å². The summed E-state index contributed by atoms with van der Waals surface area (Å²) in [4.78, 5) is 15.1. The molecule has 0 fully saturated rings. The SMILES string of the molecule is C/C=C(\C=C/C(C)c1ccc(O)cc1)C(=O)Nc1cccc(N(C)CCCCc2ccccc2)c1. The van der Waals surface area contributed by atoms with Crippen molar-refractivity contribution in [3.63, 3.8) is 0 Å². The summed E-state index contributed by atoms with van der Waals surface area (Å²) in [5, 5.41) is 12.5. The van der Waals surface area contributed by atoms with Gasteiger partial charge in [0.1, 0.15) is 5.75 Å². The zero-order valence-corrected chi connectivity index (χ0v) is 20.9. The Morgan fingerprint density at radius 1 is 1.00 bits per heavy atom. The molecule has 0 bridgehead atoms. The van der Waals surface area contributed by atoms with Crippen LogP contribution in [0.15, 0.2) is 103 Å². The number of unbranched alkanes of at least 4 members (excludes halogenated alkanes) is 1. The zero-order valence-electron chi connectivity index (χ0n) is 20.9. The smallest absolute Gasteiger partial charge is 0.255 e. The maximum atomic E-state index is 12.9. The normalized spacial score (nSPS) is 12.5. The van der Waals surface area contributed by atoms with Gasteiger partial charge in [0.15, 0.2) is 0 Å². The van der Waals surface area contributed by atoms with Gasteiger partial charge in [-0.15, -0.1) is 0 Å². The van der Waals surface area contributed by atoms with E-state index in [4.69, 9.17) is 0 Å². The molecule has 0 spiro atoms. The van der Waals surface area contributed by atoms with Gasteiger partial charge >= 0.3 is 0 Å². The minimum Gasteiger partial charge on any atom is -0.508 e. The Kier molecular flexibility index (Phi) is 9.73. The van der Waals surface area contributed by atoms with Gasteiger partial charge in [0.25, 0.3) is 5.91 Å². The molecule has 0 heterocycles. The summed E-state index contributed by atoms with van der Waals surface area (Å²) >= 11 is 0. The fourth-order valence-electron chi connectivity index (χ4n) is 3.92. The lowest BCUT2D eigenvalue weighted by Crippen LogP contribution is -2.19. The largest absolute Gasteiger partial charge is 0.508 e. The van der Waals surface area contributed by atoms with Crippen LogP contribution in [0, 0.1) is 0 Å². The van der Waals surface area contributed by atoms with E-state index >= 15 is 0 Å². The van der Waals surface area contributed by atoms with Crippen LogP contribution in [0.25, 0.3) is 0 Å². The number of phenolic OH excluding ortho intramolecular Hbond substituents is 1. The molecule has 0 radical (unpaired) electrons. The Morgan fingerprint density at radius 2 is 1.74 bits per heavy atom. The molecule has 0 aliphatic rings. The summed E-state index contributed by atoms with van der Waals surface area (Å²) in [6.45, 7) is 4.89. The van der Waals surface area contributed by atoms with Crippen molar-refractivity contribution in [1.82, 2.24) is 0 Å². The zero-order chi connectivity index (χ0) is 25.0. The topological polar surface area (TPSA) is 52.6 Å². The standard InChI is InChI=1S/C31H36N2O2/c1-4-26(17-16-24(2)27-18-20-30(34)21-19-27)31(35)32-28-14-10-15-29(23-28)33(3)22-9-8-13-25-11-6-5-7-12-25/h4-7,10-12,14-21,23-24,34H,8-9,13,22H2,1-3H3,(H,32,35)/b17-16-,26-4+. The predicted octanol–water partition coefficient (Wildman–Crippen LogP) is 7.10. The summed E-state index contributed by atoms with van der Waals surface area (Å²) < 4.78 is 0. The summed E-state index contributed by atoms with van der Waals surface area (Å²) in [7, 11) is 2.09. The van der Waals surface area contributed by atoms with Crippen molar-refractivity contribution < 1.29 is 9.90 Å². The number of carbonyl (C=O) groups is 1. The Bertz CT molecular complexity index is 1130. The second kappa shape index (κ2) is 13.2. The third-order valence-corrected chi connectivity index (χ3v) is 6.15. The van der Waals surface area contributed by atoms with E-state index in [-0.39, 0.29) is 17.6 Å². The van der Waals surface area contributed by atoms with Crippen LogP contribution in [-0.2, 0) is 11.2 Å². The van der Waals surface area contributed by atoms with Crippen molar-refractivity contribution in [2.75, 3.05) is 23.8 Å². The van der Waals surface area contributed by atoms with Crippen LogP contribution in [0.2, 0.25) is 0 Å². The van der Waals surface area contributed by atoms with Crippen LogP contribution >= 0.6 is 0 Å². The van der Waals surface area contributed by atoms with Crippen LogP contribution in [0.5, 0.6) is 5.75 Å². The Morgan fingerprint density at radius 3 is 2.46 bits per heavy atom.